The molecule has 0 nitrogen and oxygen atoms in total. The van der Waals surface area contributed by atoms with Gasteiger partial charge < -0.3 is 0 Å². The molecule has 0 aliphatic heterocycles. The molecule has 0 fully saturated rings. The molecule has 0 amide bonds. The van der Waals surface area contributed by atoms with Crippen LogP contribution in [0.15, 0.2) is 23.3 Å². The van der Waals surface area contributed by atoms with Gasteiger partial charge >= 0.3 is 0 Å². The molecule has 1 unspecified atom stereocenters. The van der Waals surface area contributed by atoms with Gasteiger partial charge in [-0.2, -0.15) is 0 Å². The van der Waals surface area contributed by atoms with Crippen molar-refractivity contribution in [2.75, 3.05) is 0 Å². The Kier molecular flexibility index (Phi) is 3.58. The summed E-state index contributed by atoms with van der Waals surface area (Å²) in [6.45, 7) is 6.85. The molecule has 0 saturated carbocycles. The topological polar surface area (TPSA) is 0 Å². The van der Waals surface area contributed by atoms with E-state index in [4.69, 9.17) is 0 Å². The molecule has 12 heavy (non-hydrogen) atoms. The fourth-order valence-corrected chi connectivity index (χ4v) is 1.61. The summed E-state index contributed by atoms with van der Waals surface area (Å²) in [7, 11) is 0. The molecule has 0 N–H and O–H groups in total. The molecule has 0 aromatic rings. The smallest absolute Gasteiger partial charge is 0.0254 e. The second-order valence-electron chi connectivity index (χ2n) is 3.91. The Morgan fingerprint density at radius 3 is 2.58 bits per heavy atom. The van der Waals surface area contributed by atoms with Gasteiger partial charge in [0, 0.05) is 0 Å². The van der Waals surface area contributed by atoms with Crippen molar-refractivity contribution in [3.63, 3.8) is 0 Å². The average molecular weight is 164 g/mol. The van der Waals surface area contributed by atoms with Crippen LogP contribution in [0.3, 0.4) is 0 Å². The fourth-order valence-electron chi connectivity index (χ4n) is 1.61. The van der Waals surface area contributed by atoms with Crippen molar-refractivity contribution >= 4 is 0 Å². The summed E-state index contributed by atoms with van der Waals surface area (Å²) in [6.07, 6.45) is 9.86. The minimum Gasteiger partial charge on any atom is -0.0810 e. The first-order valence-corrected chi connectivity index (χ1v) is 5.10. The Hall–Kier alpha value is -0.520. The summed E-state index contributed by atoms with van der Waals surface area (Å²) in [4.78, 5) is 0. The van der Waals surface area contributed by atoms with Crippen LogP contribution in [0.25, 0.3) is 0 Å². The summed E-state index contributed by atoms with van der Waals surface area (Å²) in [6, 6.07) is 0. The van der Waals surface area contributed by atoms with Gasteiger partial charge in [0.25, 0.3) is 0 Å². The highest BCUT2D eigenvalue weighted by Crippen LogP contribution is 2.25. The predicted octanol–water partition coefficient (Wildman–Crippen LogP) is 4.09. The lowest BCUT2D eigenvalue weighted by atomic mass is 9.90. The maximum absolute atomic E-state index is 2.42. The Balaban J connectivity index is 2.51. The molecule has 0 heteroatoms. The Morgan fingerprint density at radius 2 is 2.00 bits per heavy atom. The van der Waals surface area contributed by atoms with Crippen LogP contribution in [-0.4, -0.2) is 0 Å². The molecule has 1 atom stereocenters. The maximum Gasteiger partial charge on any atom is -0.0254 e. The first-order chi connectivity index (χ1) is 5.74. The molecule has 1 rings (SSSR count). The summed E-state index contributed by atoms with van der Waals surface area (Å²) in [5.41, 5.74) is 3.11. The van der Waals surface area contributed by atoms with E-state index in [1.54, 1.807) is 5.57 Å². The van der Waals surface area contributed by atoms with Crippen LogP contribution in [-0.2, 0) is 0 Å². The molecule has 0 spiro atoms. The van der Waals surface area contributed by atoms with Gasteiger partial charge in [-0.1, -0.05) is 38.0 Å². The van der Waals surface area contributed by atoms with Crippen LogP contribution in [0.2, 0.25) is 0 Å². The van der Waals surface area contributed by atoms with Crippen molar-refractivity contribution in [1.29, 1.82) is 0 Å². The monoisotopic (exact) mass is 164 g/mol. The SMILES string of the molecule is CCC(C)CC1=CCCC=C1C. The Morgan fingerprint density at radius 1 is 1.33 bits per heavy atom. The first-order valence-electron chi connectivity index (χ1n) is 5.10. The molecule has 0 radical (unpaired) electrons. The van der Waals surface area contributed by atoms with Crippen LogP contribution in [0.5, 0.6) is 0 Å². The second-order valence-corrected chi connectivity index (χ2v) is 3.91. The molecular formula is C12H20. The average Bonchev–Trinajstić information content (AvgIpc) is 2.09. The zero-order chi connectivity index (χ0) is 8.97. The quantitative estimate of drug-likeness (QED) is 0.589. The summed E-state index contributed by atoms with van der Waals surface area (Å²) < 4.78 is 0. The lowest BCUT2D eigenvalue weighted by molar-refractivity contribution is 0.557. The zero-order valence-electron chi connectivity index (χ0n) is 8.56. The van der Waals surface area contributed by atoms with Gasteiger partial charge in [0.05, 0.1) is 0 Å². The van der Waals surface area contributed by atoms with E-state index in [1.165, 1.54) is 31.3 Å². The molecule has 0 bridgehead atoms. The van der Waals surface area contributed by atoms with Crippen molar-refractivity contribution in [3.05, 3.63) is 23.3 Å². The van der Waals surface area contributed by atoms with Gasteiger partial charge in [0.1, 0.15) is 0 Å². The van der Waals surface area contributed by atoms with Crippen molar-refractivity contribution in [2.24, 2.45) is 5.92 Å². The van der Waals surface area contributed by atoms with Crippen LogP contribution in [0, 0.1) is 5.92 Å². The number of rotatable bonds is 3. The van der Waals surface area contributed by atoms with Crippen molar-refractivity contribution in [1.82, 2.24) is 0 Å². The Labute approximate surface area is 76.4 Å². The van der Waals surface area contributed by atoms with E-state index < -0.39 is 0 Å². The van der Waals surface area contributed by atoms with E-state index in [9.17, 15) is 0 Å². The summed E-state index contributed by atoms with van der Waals surface area (Å²) in [5, 5.41) is 0. The minimum atomic E-state index is 0.845. The van der Waals surface area contributed by atoms with E-state index in [2.05, 4.69) is 32.9 Å². The lowest BCUT2D eigenvalue weighted by Gasteiger charge is -2.16. The third kappa shape index (κ3) is 2.51. The number of hydrogen-bond donors (Lipinski definition) is 0. The van der Waals surface area contributed by atoms with Gasteiger partial charge in [0.2, 0.25) is 0 Å². The largest absolute Gasteiger partial charge is 0.0810 e. The summed E-state index contributed by atoms with van der Waals surface area (Å²) >= 11 is 0. The van der Waals surface area contributed by atoms with Crippen molar-refractivity contribution < 1.29 is 0 Å². The second kappa shape index (κ2) is 4.49. The third-order valence-electron chi connectivity index (χ3n) is 2.78. The minimum absolute atomic E-state index is 0.845. The fraction of sp³-hybridized carbons (Fsp3) is 0.667. The van der Waals surface area contributed by atoms with E-state index in [-0.39, 0.29) is 0 Å². The third-order valence-corrected chi connectivity index (χ3v) is 2.78. The molecule has 1 aliphatic carbocycles. The molecule has 0 heterocycles. The predicted molar refractivity (Wildman–Crippen MR) is 55.1 cm³/mol. The maximum atomic E-state index is 2.42. The Bertz CT molecular complexity index is 196. The van der Waals surface area contributed by atoms with Crippen LogP contribution in [0.1, 0.15) is 46.5 Å². The molecule has 68 valence electrons. The van der Waals surface area contributed by atoms with E-state index in [1.807, 2.05) is 0 Å². The van der Waals surface area contributed by atoms with Gasteiger partial charge in [0.15, 0.2) is 0 Å². The van der Waals surface area contributed by atoms with E-state index in [0.29, 0.717) is 0 Å². The highest BCUT2D eigenvalue weighted by molar-refractivity contribution is 5.31. The first kappa shape index (κ1) is 9.57. The van der Waals surface area contributed by atoms with Crippen LogP contribution in [0.4, 0.5) is 0 Å². The van der Waals surface area contributed by atoms with Crippen LogP contribution < -0.4 is 0 Å². The van der Waals surface area contributed by atoms with Gasteiger partial charge in [-0.3, -0.25) is 0 Å². The standard InChI is InChI=1S/C12H20/c1-4-10(2)9-12-8-6-5-7-11(12)3/h7-8,10H,4-6,9H2,1-3H3. The molecule has 1 aliphatic rings. The zero-order valence-corrected chi connectivity index (χ0v) is 8.56. The van der Waals surface area contributed by atoms with Crippen molar-refractivity contribution in [3.8, 4) is 0 Å². The summed E-state index contributed by atoms with van der Waals surface area (Å²) in [5.74, 6) is 0.845. The highest BCUT2D eigenvalue weighted by Gasteiger charge is 2.07. The normalized spacial score (nSPS) is 19.9. The van der Waals surface area contributed by atoms with Gasteiger partial charge in [-0.15, -0.1) is 0 Å². The number of hydrogen-bond acceptors (Lipinski definition) is 0. The van der Waals surface area contributed by atoms with E-state index in [0.717, 1.165) is 5.92 Å². The highest BCUT2D eigenvalue weighted by atomic mass is 14.1. The van der Waals surface area contributed by atoms with Gasteiger partial charge in [-0.05, 0) is 37.7 Å². The molecule has 0 saturated heterocycles. The van der Waals surface area contributed by atoms with Crippen molar-refractivity contribution in [2.45, 2.75) is 46.5 Å². The lowest BCUT2D eigenvalue weighted by Crippen LogP contribution is -1.99. The van der Waals surface area contributed by atoms with E-state index >= 15 is 0 Å². The van der Waals surface area contributed by atoms with Crippen LogP contribution >= 0.6 is 0 Å². The molecule has 0 aromatic carbocycles. The number of allylic oxidation sites excluding steroid dienone is 4. The van der Waals surface area contributed by atoms with Gasteiger partial charge in [-0.25, -0.2) is 0 Å². The molecular weight excluding hydrogens is 144 g/mol. The molecule has 0 aromatic heterocycles.